The second-order valence-electron chi connectivity index (χ2n) is 8.87. The zero-order valence-electron chi connectivity index (χ0n) is 16.6. The van der Waals surface area contributed by atoms with Crippen molar-refractivity contribution in [3.8, 4) is 0 Å². The normalized spacial score (nSPS) is 33.4. The minimum absolute atomic E-state index is 0.0697. The predicted molar refractivity (Wildman–Crippen MR) is 107 cm³/mol. The highest BCUT2D eigenvalue weighted by atomic mass is 16.5. The lowest BCUT2D eigenvalue weighted by Crippen LogP contribution is -2.65. The summed E-state index contributed by atoms with van der Waals surface area (Å²) in [5.41, 5.74) is 2.21. The van der Waals surface area contributed by atoms with Gasteiger partial charge in [0.15, 0.2) is 5.82 Å². The number of anilines is 3. The fourth-order valence-corrected chi connectivity index (χ4v) is 5.21. The molecule has 27 heavy (non-hydrogen) atoms. The fourth-order valence-electron chi connectivity index (χ4n) is 5.21. The van der Waals surface area contributed by atoms with Crippen molar-refractivity contribution < 1.29 is 9.84 Å². The lowest BCUT2D eigenvalue weighted by Gasteiger charge is -2.51. The van der Waals surface area contributed by atoms with E-state index in [0.29, 0.717) is 17.9 Å². The first kappa shape index (κ1) is 17.5. The number of aliphatic hydroxyl groups excluding tert-OH is 1. The standard InChI is InChI=1S/C20H31N5O2/c1-13(2)23-4-5-25-18(10-23)20(26)22(3)17-6-16(7-21-19(17)25)24-8-14-11-27-12-15(14)9-24/h6-7,13-15,18,20,26H,4-5,8-12H2,1-3H3. The zero-order valence-corrected chi connectivity index (χ0v) is 16.6. The molecule has 5 rings (SSSR count). The molecule has 7 heteroatoms. The van der Waals surface area contributed by atoms with Crippen molar-refractivity contribution in [2.45, 2.75) is 32.2 Å². The molecule has 0 radical (unpaired) electrons. The average molecular weight is 374 g/mol. The molecular weight excluding hydrogens is 342 g/mol. The third-order valence-corrected chi connectivity index (χ3v) is 7.01. The summed E-state index contributed by atoms with van der Waals surface area (Å²) in [7, 11) is 1.99. The van der Waals surface area contributed by atoms with Crippen molar-refractivity contribution in [2.24, 2.45) is 11.8 Å². The Hall–Kier alpha value is -1.57. The molecule has 0 amide bonds. The molecule has 4 aliphatic heterocycles. The van der Waals surface area contributed by atoms with E-state index in [9.17, 15) is 5.11 Å². The number of fused-ring (bicyclic) bond motifs is 4. The number of rotatable bonds is 2. The van der Waals surface area contributed by atoms with Gasteiger partial charge in [-0.3, -0.25) is 4.90 Å². The van der Waals surface area contributed by atoms with Crippen LogP contribution in [-0.2, 0) is 4.74 Å². The van der Waals surface area contributed by atoms with Crippen molar-refractivity contribution in [2.75, 3.05) is 67.7 Å². The molecule has 1 N–H and O–H groups in total. The molecule has 148 valence electrons. The van der Waals surface area contributed by atoms with Gasteiger partial charge in [0.25, 0.3) is 0 Å². The molecule has 4 atom stereocenters. The molecule has 0 spiro atoms. The predicted octanol–water partition coefficient (Wildman–Crippen LogP) is 0.831. The maximum Gasteiger partial charge on any atom is 0.152 e. The molecule has 4 aliphatic rings. The molecule has 1 aromatic heterocycles. The Balaban J connectivity index is 1.42. The largest absolute Gasteiger partial charge is 0.381 e. The van der Waals surface area contributed by atoms with Crippen LogP contribution in [0.4, 0.5) is 17.2 Å². The summed E-state index contributed by atoms with van der Waals surface area (Å²) < 4.78 is 5.61. The number of aromatic nitrogens is 1. The van der Waals surface area contributed by atoms with Gasteiger partial charge in [-0.25, -0.2) is 4.98 Å². The summed E-state index contributed by atoms with van der Waals surface area (Å²) in [6, 6.07) is 2.79. The van der Waals surface area contributed by atoms with Crippen molar-refractivity contribution in [3.05, 3.63) is 12.3 Å². The number of aliphatic hydroxyl groups is 1. The van der Waals surface area contributed by atoms with Gasteiger partial charge in [-0.1, -0.05) is 0 Å². The Labute approximate surface area is 161 Å². The van der Waals surface area contributed by atoms with Crippen LogP contribution >= 0.6 is 0 Å². The number of nitrogens with zero attached hydrogens (tertiary/aromatic N) is 5. The number of hydrogen-bond donors (Lipinski definition) is 1. The maximum absolute atomic E-state index is 11.0. The molecule has 0 aromatic carbocycles. The zero-order chi connectivity index (χ0) is 18.7. The van der Waals surface area contributed by atoms with Crippen LogP contribution in [0.25, 0.3) is 0 Å². The van der Waals surface area contributed by atoms with Gasteiger partial charge in [-0.05, 0) is 19.9 Å². The molecule has 0 aliphatic carbocycles. The van der Waals surface area contributed by atoms with Crippen molar-refractivity contribution in [1.82, 2.24) is 9.88 Å². The van der Waals surface area contributed by atoms with E-state index >= 15 is 0 Å². The Kier molecular flexibility index (Phi) is 4.22. The van der Waals surface area contributed by atoms with Crippen molar-refractivity contribution in [3.63, 3.8) is 0 Å². The quantitative estimate of drug-likeness (QED) is 0.824. The second kappa shape index (κ2) is 6.50. The van der Waals surface area contributed by atoms with Crippen LogP contribution in [-0.4, -0.2) is 86.3 Å². The SMILES string of the molecule is CC(C)N1CCN2c3ncc(N4CC5COCC5C4)cc3N(C)C(O)C2C1. The average Bonchev–Trinajstić information content (AvgIpc) is 3.27. The molecule has 0 bridgehead atoms. The van der Waals surface area contributed by atoms with E-state index in [0.717, 1.165) is 57.4 Å². The van der Waals surface area contributed by atoms with Crippen LogP contribution in [0, 0.1) is 11.8 Å². The van der Waals surface area contributed by atoms with Crippen LogP contribution in [0.1, 0.15) is 13.8 Å². The van der Waals surface area contributed by atoms with E-state index in [1.165, 1.54) is 5.69 Å². The van der Waals surface area contributed by atoms with Gasteiger partial charge in [0.05, 0.1) is 36.8 Å². The minimum atomic E-state index is -0.512. The highest BCUT2D eigenvalue weighted by Gasteiger charge is 2.42. The van der Waals surface area contributed by atoms with E-state index in [4.69, 9.17) is 9.72 Å². The van der Waals surface area contributed by atoms with Crippen LogP contribution in [0.5, 0.6) is 0 Å². The van der Waals surface area contributed by atoms with Gasteiger partial charge in [0.2, 0.25) is 0 Å². The van der Waals surface area contributed by atoms with Gasteiger partial charge in [-0.15, -0.1) is 0 Å². The Morgan fingerprint density at radius 1 is 1.15 bits per heavy atom. The molecule has 3 saturated heterocycles. The highest BCUT2D eigenvalue weighted by molar-refractivity contribution is 5.75. The van der Waals surface area contributed by atoms with Crippen LogP contribution in [0.15, 0.2) is 12.3 Å². The van der Waals surface area contributed by atoms with E-state index in [2.05, 4.69) is 34.6 Å². The molecule has 1 aromatic rings. The van der Waals surface area contributed by atoms with Crippen LogP contribution in [0.3, 0.4) is 0 Å². The van der Waals surface area contributed by atoms with Gasteiger partial charge >= 0.3 is 0 Å². The van der Waals surface area contributed by atoms with E-state index in [1.807, 2.05) is 18.1 Å². The number of pyridine rings is 1. The van der Waals surface area contributed by atoms with Crippen LogP contribution in [0.2, 0.25) is 0 Å². The molecule has 4 unspecified atom stereocenters. The maximum atomic E-state index is 11.0. The van der Waals surface area contributed by atoms with E-state index in [1.54, 1.807) is 0 Å². The van der Waals surface area contributed by atoms with Crippen molar-refractivity contribution >= 4 is 17.2 Å². The second-order valence-corrected chi connectivity index (χ2v) is 8.87. The fraction of sp³-hybridized carbons (Fsp3) is 0.750. The minimum Gasteiger partial charge on any atom is -0.381 e. The lowest BCUT2D eigenvalue weighted by molar-refractivity contribution is 0.0806. The first-order valence-corrected chi connectivity index (χ1v) is 10.3. The van der Waals surface area contributed by atoms with Crippen LogP contribution < -0.4 is 14.7 Å². The smallest absolute Gasteiger partial charge is 0.152 e. The summed E-state index contributed by atoms with van der Waals surface area (Å²) in [4.78, 5) is 14.1. The summed E-state index contributed by atoms with van der Waals surface area (Å²) in [5.74, 6) is 2.32. The Morgan fingerprint density at radius 3 is 2.59 bits per heavy atom. The molecule has 0 saturated carbocycles. The van der Waals surface area contributed by atoms with Crippen molar-refractivity contribution in [1.29, 1.82) is 0 Å². The first-order chi connectivity index (χ1) is 13.0. The third-order valence-electron chi connectivity index (χ3n) is 7.01. The topological polar surface area (TPSA) is 55.3 Å². The van der Waals surface area contributed by atoms with Gasteiger partial charge in [-0.2, -0.15) is 0 Å². The lowest BCUT2D eigenvalue weighted by atomic mass is 10.0. The molecule has 3 fully saturated rings. The molecule has 5 heterocycles. The van der Waals surface area contributed by atoms with E-state index in [-0.39, 0.29) is 6.04 Å². The number of likely N-dealkylation sites (N-methyl/N-ethyl adjacent to an activating group) is 1. The number of ether oxygens (including phenoxy) is 1. The summed E-state index contributed by atoms with van der Waals surface area (Å²) in [6.07, 6.45) is 1.51. The monoisotopic (exact) mass is 373 g/mol. The summed E-state index contributed by atoms with van der Waals surface area (Å²) in [6.45, 7) is 11.1. The Bertz CT molecular complexity index is 702. The first-order valence-electron chi connectivity index (χ1n) is 10.3. The van der Waals surface area contributed by atoms with Gasteiger partial charge in [0.1, 0.15) is 6.23 Å². The summed E-state index contributed by atoms with van der Waals surface area (Å²) >= 11 is 0. The molecular formula is C20H31N5O2. The Morgan fingerprint density at radius 2 is 1.89 bits per heavy atom. The molecule has 7 nitrogen and oxygen atoms in total. The summed E-state index contributed by atoms with van der Waals surface area (Å²) in [5, 5.41) is 11.0. The van der Waals surface area contributed by atoms with E-state index < -0.39 is 6.23 Å². The highest BCUT2D eigenvalue weighted by Crippen LogP contribution is 2.40. The number of hydrogen-bond acceptors (Lipinski definition) is 7. The van der Waals surface area contributed by atoms with Gasteiger partial charge in [0, 0.05) is 57.6 Å². The van der Waals surface area contributed by atoms with Gasteiger partial charge < -0.3 is 24.5 Å². The number of piperazine rings is 1. The third kappa shape index (κ3) is 2.79.